The van der Waals surface area contributed by atoms with E-state index in [4.69, 9.17) is 4.74 Å². The predicted molar refractivity (Wildman–Crippen MR) is 119 cm³/mol. The molecule has 5 heteroatoms. The molecule has 3 aromatic rings. The van der Waals surface area contributed by atoms with Gasteiger partial charge in [-0.1, -0.05) is 36.4 Å². The number of hydrogen-bond acceptors (Lipinski definition) is 4. The zero-order valence-electron chi connectivity index (χ0n) is 16.8. The molecule has 1 amide bonds. The van der Waals surface area contributed by atoms with Crippen LogP contribution < -0.4 is 5.32 Å². The van der Waals surface area contributed by atoms with Crippen molar-refractivity contribution in [3.8, 4) is 10.4 Å². The summed E-state index contributed by atoms with van der Waals surface area (Å²) in [6.07, 6.45) is 0.513. The Balaban J connectivity index is 1.43. The Morgan fingerprint density at radius 1 is 1.03 bits per heavy atom. The minimum atomic E-state index is -0.0887. The van der Waals surface area contributed by atoms with Gasteiger partial charge in [0.1, 0.15) is 0 Å². The lowest BCUT2D eigenvalue weighted by Gasteiger charge is -2.35. The Hall–Kier alpha value is -2.47. The van der Waals surface area contributed by atoms with E-state index in [0.717, 1.165) is 35.8 Å². The van der Waals surface area contributed by atoms with Crippen molar-refractivity contribution in [3.05, 3.63) is 77.2 Å². The summed E-state index contributed by atoms with van der Waals surface area (Å²) in [5.41, 5.74) is 3.75. The van der Waals surface area contributed by atoms with E-state index in [9.17, 15) is 4.79 Å². The van der Waals surface area contributed by atoms with E-state index < -0.39 is 0 Å². The lowest BCUT2D eigenvalue weighted by Crippen LogP contribution is -2.44. The fourth-order valence-corrected chi connectivity index (χ4v) is 4.63. The van der Waals surface area contributed by atoms with Gasteiger partial charge in [0.15, 0.2) is 0 Å². The monoisotopic (exact) mass is 406 g/mol. The van der Waals surface area contributed by atoms with Crippen molar-refractivity contribution >= 4 is 22.9 Å². The molecule has 1 aliphatic rings. The Kier molecular flexibility index (Phi) is 6.09. The molecule has 2 unspecified atom stereocenters. The second-order valence-corrected chi connectivity index (χ2v) is 8.57. The highest BCUT2D eigenvalue weighted by atomic mass is 32.1. The lowest BCUT2D eigenvalue weighted by molar-refractivity contribution is -0.0704. The maximum absolute atomic E-state index is 12.8. The first kappa shape index (κ1) is 19.8. The first-order valence-electron chi connectivity index (χ1n) is 9.99. The fourth-order valence-electron chi connectivity index (χ4n) is 3.87. The van der Waals surface area contributed by atoms with Crippen LogP contribution in [-0.4, -0.2) is 36.1 Å². The van der Waals surface area contributed by atoms with Gasteiger partial charge in [0.25, 0.3) is 5.91 Å². The first-order chi connectivity index (χ1) is 14.1. The molecule has 1 N–H and O–H groups in total. The smallest absolute Gasteiger partial charge is 0.255 e. The predicted octanol–water partition coefficient (Wildman–Crippen LogP) is 5.28. The van der Waals surface area contributed by atoms with Crippen LogP contribution in [0.15, 0.2) is 66.0 Å². The van der Waals surface area contributed by atoms with Gasteiger partial charge in [-0.25, -0.2) is 0 Å². The normalized spacial score (nSPS) is 19.8. The molecule has 150 valence electrons. The molecule has 4 nitrogen and oxygen atoms in total. The number of nitrogens with zero attached hydrogens (tertiary/aromatic N) is 1. The van der Waals surface area contributed by atoms with E-state index in [1.807, 2.05) is 60.0 Å². The summed E-state index contributed by atoms with van der Waals surface area (Å²) >= 11 is 1.67. The van der Waals surface area contributed by atoms with Crippen LogP contribution in [0.1, 0.15) is 29.8 Å². The number of para-hydroxylation sites is 1. The lowest BCUT2D eigenvalue weighted by atomic mass is 10.1. The van der Waals surface area contributed by atoms with Crippen molar-refractivity contribution in [2.45, 2.75) is 32.6 Å². The van der Waals surface area contributed by atoms with Crippen molar-refractivity contribution in [2.75, 3.05) is 18.4 Å². The van der Waals surface area contributed by atoms with Gasteiger partial charge in [0.05, 0.1) is 12.2 Å². The van der Waals surface area contributed by atoms with E-state index in [1.165, 1.54) is 5.56 Å². The van der Waals surface area contributed by atoms with Gasteiger partial charge in [-0.3, -0.25) is 9.69 Å². The van der Waals surface area contributed by atoms with Crippen molar-refractivity contribution in [1.29, 1.82) is 0 Å². The number of morpholine rings is 1. The number of carbonyl (C=O) groups excluding carboxylic acids is 1. The van der Waals surface area contributed by atoms with Crippen LogP contribution in [0.5, 0.6) is 0 Å². The molecule has 2 aromatic carbocycles. The third-order valence-electron chi connectivity index (χ3n) is 5.08. The summed E-state index contributed by atoms with van der Waals surface area (Å²) in [7, 11) is 0. The largest absolute Gasteiger partial charge is 0.373 e. The van der Waals surface area contributed by atoms with Gasteiger partial charge < -0.3 is 10.1 Å². The molecule has 0 spiro atoms. The molecule has 29 heavy (non-hydrogen) atoms. The summed E-state index contributed by atoms with van der Waals surface area (Å²) < 4.78 is 5.80. The number of thiophene rings is 1. The van der Waals surface area contributed by atoms with Gasteiger partial charge in [0, 0.05) is 41.3 Å². The molecule has 4 rings (SSSR count). The summed E-state index contributed by atoms with van der Waals surface area (Å²) in [4.78, 5) is 16.3. The van der Waals surface area contributed by atoms with Crippen molar-refractivity contribution < 1.29 is 9.53 Å². The Morgan fingerprint density at radius 3 is 2.45 bits per heavy atom. The molecule has 0 aliphatic carbocycles. The van der Waals surface area contributed by atoms with E-state index in [2.05, 4.69) is 30.1 Å². The SMILES string of the molecule is CC1CN(Cc2ccc(C(=O)Nc3ccccc3-c3cccs3)cc2)CC(C)O1. The number of hydrogen-bond donors (Lipinski definition) is 1. The number of nitrogens with one attached hydrogen (secondary N) is 1. The molecule has 1 aromatic heterocycles. The second kappa shape index (κ2) is 8.91. The third-order valence-corrected chi connectivity index (χ3v) is 5.98. The van der Waals surface area contributed by atoms with Gasteiger partial charge >= 0.3 is 0 Å². The maximum Gasteiger partial charge on any atom is 0.255 e. The Morgan fingerprint density at radius 2 is 1.76 bits per heavy atom. The average molecular weight is 407 g/mol. The highest BCUT2D eigenvalue weighted by molar-refractivity contribution is 7.13. The summed E-state index contributed by atoms with van der Waals surface area (Å²) in [6.45, 7) is 6.98. The Bertz CT molecular complexity index is 943. The standard InChI is InChI=1S/C24H26N2O2S/c1-17-14-26(15-18(2)28-17)16-19-9-11-20(12-10-19)24(27)25-22-7-4-3-6-21(22)23-8-5-13-29-23/h3-13,17-18H,14-16H2,1-2H3,(H,25,27). The molecule has 1 saturated heterocycles. The molecule has 2 heterocycles. The molecule has 0 saturated carbocycles. The van der Waals surface area contributed by atoms with E-state index in [1.54, 1.807) is 11.3 Å². The van der Waals surface area contributed by atoms with Crippen LogP contribution in [0, 0.1) is 0 Å². The van der Waals surface area contributed by atoms with Gasteiger partial charge in [-0.05, 0) is 49.1 Å². The minimum absolute atomic E-state index is 0.0887. The molecular formula is C24H26N2O2S. The molecule has 1 aliphatic heterocycles. The van der Waals surface area contributed by atoms with Crippen LogP contribution in [0.25, 0.3) is 10.4 Å². The van der Waals surface area contributed by atoms with Crippen LogP contribution in [0.2, 0.25) is 0 Å². The van der Waals surface area contributed by atoms with Crippen LogP contribution in [0.3, 0.4) is 0 Å². The maximum atomic E-state index is 12.8. The van der Waals surface area contributed by atoms with Crippen LogP contribution in [-0.2, 0) is 11.3 Å². The summed E-state index contributed by atoms with van der Waals surface area (Å²) in [5.74, 6) is -0.0887. The topological polar surface area (TPSA) is 41.6 Å². The van der Waals surface area contributed by atoms with E-state index in [0.29, 0.717) is 5.56 Å². The third kappa shape index (κ3) is 4.93. The van der Waals surface area contributed by atoms with Gasteiger partial charge in [-0.15, -0.1) is 11.3 Å². The number of benzene rings is 2. The first-order valence-corrected chi connectivity index (χ1v) is 10.9. The summed E-state index contributed by atoms with van der Waals surface area (Å²) in [5, 5.41) is 5.11. The summed E-state index contributed by atoms with van der Waals surface area (Å²) in [6, 6.07) is 19.9. The van der Waals surface area contributed by atoms with Crippen molar-refractivity contribution in [1.82, 2.24) is 4.90 Å². The number of ether oxygens (including phenoxy) is 1. The molecule has 0 radical (unpaired) electrons. The zero-order valence-corrected chi connectivity index (χ0v) is 17.6. The Labute approximate surface area is 176 Å². The number of carbonyl (C=O) groups is 1. The highest BCUT2D eigenvalue weighted by Crippen LogP contribution is 2.31. The minimum Gasteiger partial charge on any atom is -0.373 e. The average Bonchev–Trinajstić information content (AvgIpc) is 3.23. The molecule has 0 bridgehead atoms. The van der Waals surface area contributed by atoms with E-state index >= 15 is 0 Å². The van der Waals surface area contributed by atoms with Crippen molar-refractivity contribution in [3.63, 3.8) is 0 Å². The quantitative estimate of drug-likeness (QED) is 0.627. The van der Waals surface area contributed by atoms with E-state index in [-0.39, 0.29) is 18.1 Å². The number of amides is 1. The molecular weight excluding hydrogens is 380 g/mol. The molecule has 1 fully saturated rings. The number of anilines is 1. The second-order valence-electron chi connectivity index (χ2n) is 7.63. The highest BCUT2D eigenvalue weighted by Gasteiger charge is 2.22. The van der Waals surface area contributed by atoms with Gasteiger partial charge in [-0.2, -0.15) is 0 Å². The van der Waals surface area contributed by atoms with Gasteiger partial charge in [0.2, 0.25) is 0 Å². The van der Waals surface area contributed by atoms with Crippen LogP contribution in [0.4, 0.5) is 5.69 Å². The number of rotatable bonds is 5. The fraction of sp³-hybridized carbons (Fsp3) is 0.292. The van der Waals surface area contributed by atoms with Crippen LogP contribution >= 0.6 is 11.3 Å². The van der Waals surface area contributed by atoms with Crippen molar-refractivity contribution in [2.24, 2.45) is 0 Å². The molecule has 2 atom stereocenters. The zero-order chi connectivity index (χ0) is 20.2.